The van der Waals surface area contributed by atoms with Gasteiger partial charge in [-0.1, -0.05) is 0 Å². The van der Waals surface area contributed by atoms with Crippen molar-refractivity contribution in [3.63, 3.8) is 0 Å². The van der Waals surface area contributed by atoms with E-state index in [0.717, 1.165) is 0 Å². The molecule has 1 aromatic rings. The second kappa shape index (κ2) is 4.87. The zero-order valence-electron chi connectivity index (χ0n) is 11.1. The van der Waals surface area contributed by atoms with Gasteiger partial charge in [0.2, 0.25) is 5.76 Å². The second-order valence-corrected chi connectivity index (χ2v) is 4.78. The van der Waals surface area contributed by atoms with Crippen LogP contribution in [0.2, 0.25) is 0 Å². The van der Waals surface area contributed by atoms with Crippen LogP contribution in [0.3, 0.4) is 0 Å². The summed E-state index contributed by atoms with van der Waals surface area (Å²) in [7, 11) is 0. The van der Waals surface area contributed by atoms with Gasteiger partial charge in [0.15, 0.2) is 5.89 Å². The molecule has 0 radical (unpaired) electrons. The van der Waals surface area contributed by atoms with Crippen molar-refractivity contribution in [2.24, 2.45) is 0 Å². The summed E-state index contributed by atoms with van der Waals surface area (Å²) in [6, 6.07) is 0. The molecule has 1 aromatic heterocycles. The molecule has 1 rings (SSSR count). The van der Waals surface area contributed by atoms with Gasteiger partial charge in [-0.3, -0.25) is 4.79 Å². The maximum atomic E-state index is 12.2. The topological polar surface area (TPSA) is 66.6 Å². The average molecular weight is 240 g/mol. The number of amides is 1. The summed E-state index contributed by atoms with van der Waals surface area (Å²) < 4.78 is 5.29. The Kier molecular flexibility index (Phi) is 3.93. The molecule has 0 aliphatic heterocycles. The van der Waals surface area contributed by atoms with Crippen LogP contribution < -0.4 is 0 Å². The summed E-state index contributed by atoms with van der Waals surface area (Å²) in [6.07, 6.45) is 0. The quantitative estimate of drug-likeness (QED) is 0.866. The van der Waals surface area contributed by atoms with E-state index >= 15 is 0 Å². The molecule has 1 heterocycles. The molecule has 0 aromatic carbocycles. The van der Waals surface area contributed by atoms with Gasteiger partial charge in [0.05, 0.1) is 11.3 Å². The van der Waals surface area contributed by atoms with Gasteiger partial charge < -0.3 is 14.4 Å². The number of carbonyl (C=O) groups is 1. The number of aryl methyl sites for hydroxylation is 2. The number of rotatable bonds is 4. The molecular formula is C12H20N2O3. The zero-order valence-corrected chi connectivity index (χ0v) is 11.1. The summed E-state index contributed by atoms with van der Waals surface area (Å²) in [6.45, 7) is 9.42. The fourth-order valence-electron chi connectivity index (χ4n) is 1.67. The molecule has 5 heteroatoms. The molecule has 1 amide bonds. The Morgan fingerprint density at radius 1 is 1.47 bits per heavy atom. The Balaban J connectivity index is 2.90. The normalized spacial score (nSPS) is 11.6. The first-order chi connectivity index (χ1) is 7.74. The molecule has 0 saturated heterocycles. The van der Waals surface area contributed by atoms with Crippen LogP contribution in [-0.2, 0) is 0 Å². The van der Waals surface area contributed by atoms with Crippen LogP contribution in [0.25, 0.3) is 0 Å². The highest BCUT2D eigenvalue weighted by atomic mass is 16.4. The summed E-state index contributed by atoms with van der Waals surface area (Å²) >= 11 is 0. The third-order valence-corrected chi connectivity index (χ3v) is 2.34. The van der Waals surface area contributed by atoms with E-state index in [0.29, 0.717) is 18.1 Å². The van der Waals surface area contributed by atoms with E-state index < -0.39 is 5.60 Å². The molecule has 0 atom stereocenters. The van der Waals surface area contributed by atoms with Gasteiger partial charge in [-0.05, 0) is 27.7 Å². The number of likely N-dealkylation sites (N-methyl/N-ethyl adjacent to an activating group) is 1. The predicted octanol–water partition coefficient (Wildman–Crippen LogP) is 1.52. The lowest BCUT2D eigenvalue weighted by molar-refractivity contribution is 0.0297. The number of carbonyl (C=O) groups excluding carboxylic acids is 1. The fraction of sp³-hybridized carbons (Fsp3) is 0.667. The smallest absolute Gasteiger partial charge is 0.291 e. The van der Waals surface area contributed by atoms with Gasteiger partial charge in [-0.15, -0.1) is 0 Å². The van der Waals surface area contributed by atoms with Crippen LogP contribution in [0, 0.1) is 13.8 Å². The molecular weight excluding hydrogens is 220 g/mol. The first-order valence-corrected chi connectivity index (χ1v) is 5.70. The van der Waals surface area contributed by atoms with Gasteiger partial charge in [-0.25, -0.2) is 4.98 Å². The summed E-state index contributed by atoms with van der Waals surface area (Å²) in [5, 5.41) is 9.75. The Labute approximate surface area is 101 Å². The minimum atomic E-state index is -0.922. The maximum Gasteiger partial charge on any atom is 0.291 e. The van der Waals surface area contributed by atoms with E-state index in [1.165, 1.54) is 0 Å². The van der Waals surface area contributed by atoms with Crippen molar-refractivity contribution in [1.82, 2.24) is 9.88 Å². The Morgan fingerprint density at radius 2 is 2.06 bits per heavy atom. The predicted molar refractivity (Wildman–Crippen MR) is 63.9 cm³/mol. The standard InChI is InChI=1S/C12H20N2O3/c1-6-14(7-12(4,5)16)11(15)10-8(2)13-9(3)17-10/h16H,6-7H2,1-5H3. The van der Waals surface area contributed by atoms with Crippen molar-refractivity contribution in [2.45, 2.75) is 40.2 Å². The highest BCUT2D eigenvalue weighted by Crippen LogP contribution is 2.14. The number of hydrogen-bond acceptors (Lipinski definition) is 4. The van der Waals surface area contributed by atoms with Crippen LogP contribution in [0.15, 0.2) is 4.42 Å². The van der Waals surface area contributed by atoms with Crippen LogP contribution in [-0.4, -0.2) is 39.6 Å². The zero-order chi connectivity index (χ0) is 13.2. The maximum absolute atomic E-state index is 12.2. The second-order valence-electron chi connectivity index (χ2n) is 4.78. The summed E-state index contributed by atoms with van der Waals surface area (Å²) in [5.41, 5.74) is -0.337. The number of aromatic nitrogens is 1. The summed E-state index contributed by atoms with van der Waals surface area (Å²) in [4.78, 5) is 17.8. The first kappa shape index (κ1) is 13.7. The largest absolute Gasteiger partial charge is 0.436 e. The van der Waals surface area contributed by atoms with Gasteiger partial charge in [0.1, 0.15) is 0 Å². The molecule has 0 spiro atoms. The van der Waals surface area contributed by atoms with Crippen molar-refractivity contribution in [3.05, 3.63) is 17.3 Å². The molecule has 0 bridgehead atoms. The van der Waals surface area contributed by atoms with Gasteiger partial charge in [-0.2, -0.15) is 0 Å². The minimum absolute atomic E-state index is 0.229. The number of oxazole rings is 1. The lowest BCUT2D eigenvalue weighted by Crippen LogP contribution is -2.42. The number of hydrogen-bond donors (Lipinski definition) is 1. The molecule has 0 saturated carbocycles. The number of aliphatic hydroxyl groups is 1. The average Bonchev–Trinajstić information content (AvgIpc) is 2.52. The third-order valence-electron chi connectivity index (χ3n) is 2.34. The monoisotopic (exact) mass is 240 g/mol. The molecule has 96 valence electrons. The minimum Gasteiger partial charge on any atom is -0.436 e. The van der Waals surface area contributed by atoms with E-state index in [1.807, 2.05) is 6.92 Å². The SMILES string of the molecule is CCN(CC(C)(C)O)C(=O)c1oc(C)nc1C. The molecule has 17 heavy (non-hydrogen) atoms. The van der Waals surface area contributed by atoms with Crippen LogP contribution in [0.1, 0.15) is 42.9 Å². The lowest BCUT2D eigenvalue weighted by atomic mass is 10.1. The van der Waals surface area contributed by atoms with E-state index in [9.17, 15) is 9.90 Å². The fourth-order valence-corrected chi connectivity index (χ4v) is 1.67. The highest BCUT2D eigenvalue weighted by Gasteiger charge is 2.26. The molecule has 0 unspecified atom stereocenters. The third kappa shape index (κ3) is 3.56. The lowest BCUT2D eigenvalue weighted by Gasteiger charge is -2.27. The Bertz CT molecular complexity index is 404. The van der Waals surface area contributed by atoms with Crippen LogP contribution in [0.4, 0.5) is 0 Å². The van der Waals surface area contributed by atoms with Crippen molar-refractivity contribution < 1.29 is 14.3 Å². The molecule has 0 fully saturated rings. The highest BCUT2D eigenvalue weighted by molar-refractivity contribution is 5.92. The molecule has 1 N–H and O–H groups in total. The van der Waals surface area contributed by atoms with Crippen molar-refractivity contribution in [2.75, 3.05) is 13.1 Å². The summed E-state index contributed by atoms with van der Waals surface area (Å²) in [5.74, 6) is 0.506. The number of nitrogens with zero attached hydrogens (tertiary/aromatic N) is 2. The first-order valence-electron chi connectivity index (χ1n) is 5.70. The molecule has 0 aliphatic rings. The Hall–Kier alpha value is -1.36. The molecule has 0 aliphatic carbocycles. The van der Waals surface area contributed by atoms with Gasteiger partial charge in [0.25, 0.3) is 5.91 Å². The van der Waals surface area contributed by atoms with Crippen molar-refractivity contribution in [3.8, 4) is 0 Å². The van der Waals surface area contributed by atoms with E-state index in [1.54, 1.807) is 32.6 Å². The Morgan fingerprint density at radius 3 is 2.41 bits per heavy atom. The van der Waals surface area contributed by atoms with E-state index in [-0.39, 0.29) is 18.2 Å². The van der Waals surface area contributed by atoms with Crippen LogP contribution in [0.5, 0.6) is 0 Å². The molecule has 5 nitrogen and oxygen atoms in total. The van der Waals surface area contributed by atoms with Crippen molar-refractivity contribution in [1.29, 1.82) is 0 Å². The van der Waals surface area contributed by atoms with E-state index in [4.69, 9.17) is 4.42 Å². The van der Waals surface area contributed by atoms with Crippen molar-refractivity contribution >= 4 is 5.91 Å². The van der Waals surface area contributed by atoms with Crippen LogP contribution >= 0.6 is 0 Å². The van der Waals surface area contributed by atoms with E-state index in [2.05, 4.69) is 4.98 Å². The van der Waals surface area contributed by atoms with Gasteiger partial charge in [0, 0.05) is 20.0 Å². The van der Waals surface area contributed by atoms with Gasteiger partial charge >= 0.3 is 0 Å².